The van der Waals surface area contributed by atoms with Crippen LogP contribution in [0.2, 0.25) is 0 Å². The first-order chi connectivity index (χ1) is 12.5. The molecule has 2 aliphatic rings. The zero-order valence-electron chi connectivity index (χ0n) is 15.4. The third-order valence-electron chi connectivity index (χ3n) is 5.07. The number of hydrogen-bond acceptors (Lipinski definition) is 4. The number of amides is 2. The van der Waals surface area contributed by atoms with Crippen molar-refractivity contribution in [3.63, 3.8) is 0 Å². The van der Waals surface area contributed by atoms with Crippen LogP contribution in [0.3, 0.4) is 0 Å². The zero-order valence-corrected chi connectivity index (χ0v) is 15.4. The Balaban J connectivity index is 1.52. The molecule has 2 amide bonds. The van der Waals surface area contributed by atoms with Crippen LogP contribution in [0.15, 0.2) is 24.3 Å². The predicted octanol–water partition coefficient (Wildman–Crippen LogP) is 2.61. The molecule has 0 bridgehead atoms. The monoisotopic (exact) mass is 358 g/mol. The van der Waals surface area contributed by atoms with E-state index in [1.54, 1.807) is 17.0 Å². The molecule has 2 aliphatic heterocycles. The second-order valence-electron chi connectivity index (χ2n) is 7.32. The molecule has 0 aromatic heterocycles. The largest absolute Gasteiger partial charge is 0.426 e. The van der Waals surface area contributed by atoms with Crippen LogP contribution in [-0.4, -0.2) is 42.3 Å². The number of likely N-dealkylation sites (tertiary alicyclic amines) is 1. The second kappa shape index (κ2) is 7.89. The summed E-state index contributed by atoms with van der Waals surface area (Å²) in [6, 6.07) is 7.10. The number of nitrogens with zero attached hydrogens (tertiary/aromatic N) is 2. The van der Waals surface area contributed by atoms with E-state index in [9.17, 15) is 14.4 Å². The van der Waals surface area contributed by atoms with Crippen molar-refractivity contribution in [3.05, 3.63) is 24.3 Å². The fourth-order valence-electron chi connectivity index (χ4n) is 3.52. The topological polar surface area (TPSA) is 66.9 Å². The van der Waals surface area contributed by atoms with Gasteiger partial charge in [0.05, 0.1) is 5.92 Å². The molecular weight excluding hydrogens is 332 g/mol. The molecule has 0 N–H and O–H groups in total. The third kappa shape index (κ3) is 4.06. The first kappa shape index (κ1) is 18.4. The summed E-state index contributed by atoms with van der Waals surface area (Å²) in [6.45, 7) is 5.73. The molecule has 2 heterocycles. The number of piperidine rings is 1. The highest BCUT2D eigenvalue weighted by Crippen LogP contribution is 2.26. The minimum atomic E-state index is -0.244. The van der Waals surface area contributed by atoms with Crippen LogP contribution < -0.4 is 9.64 Å². The normalized spacial score (nSPS) is 18.5. The van der Waals surface area contributed by atoms with Crippen molar-refractivity contribution >= 4 is 23.5 Å². The maximum Gasteiger partial charge on any atom is 0.314 e. The Hall–Kier alpha value is -2.37. The zero-order chi connectivity index (χ0) is 18.7. The molecule has 0 radical (unpaired) electrons. The van der Waals surface area contributed by atoms with Crippen molar-refractivity contribution in [2.75, 3.05) is 24.5 Å². The van der Waals surface area contributed by atoms with E-state index in [-0.39, 0.29) is 29.6 Å². The number of carbonyl (C=O) groups is 3. The Morgan fingerprint density at radius 2 is 1.73 bits per heavy atom. The van der Waals surface area contributed by atoms with Gasteiger partial charge in [-0.2, -0.15) is 0 Å². The minimum absolute atomic E-state index is 0.0143. The molecule has 2 saturated heterocycles. The Labute approximate surface area is 154 Å². The lowest BCUT2D eigenvalue weighted by Crippen LogP contribution is -2.42. The van der Waals surface area contributed by atoms with Gasteiger partial charge in [0.25, 0.3) is 0 Å². The molecule has 2 fully saturated rings. The second-order valence-corrected chi connectivity index (χ2v) is 7.32. The van der Waals surface area contributed by atoms with Gasteiger partial charge in [0.15, 0.2) is 0 Å². The summed E-state index contributed by atoms with van der Waals surface area (Å²) in [5, 5.41) is 0. The molecule has 6 nitrogen and oxygen atoms in total. The maximum atomic E-state index is 12.4. The summed E-state index contributed by atoms with van der Waals surface area (Å²) in [4.78, 5) is 39.8. The number of benzene rings is 1. The van der Waals surface area contributed by atoms with Gasteiger partial charge in [-0.05, 0) is 43.5 Å². The highest BCUT2D eigenvalue weighted by atomic mass is 16.5. The average Bonchev–Trinajstić information content (AvgIpc) is 3.07. The fraction of sp³-hybridized carbons (Fsp3) is 0.550. The lowest BCUT2D eigenvalue weighted by molar-refractivity contribution is -0.144. The van der Waals surface area contributed by atoms with Crippen LogP contribution in [0.1, 0.15) is 39.5 Å². The first-order valence-electron chi connectivity index (χ1n) is 9.36. The van der Waals surface area contributed by atoms with Crippen LogP contribution in [0.25, 0.3) is 0 Å². The summed E-state index contributed by atoms with van der Waals surface area (Å²) < 4.78 is 5.50. The molecule has 0 unspecified atom stereocenters. The Morgan fingerprint density at radius 1 is 1.08 bits per heavy atom. The lowest BCUT2D eigenvalue weighted by atomic mass is 9.96. The Bertz CT molecular complexity index is 676. The van der Waals surface area contributed by atoms with Crippen LogP contribution in [-0.2, 0) is 14.4 Å². The standard InChI is InChI=1S/C20H26N2O4/c1-14(2)19(24)21-12-9-15(10-13-21)20(25)26-17-7-5-16(6-8-17)22-11-3-4-18(22)23/h5-8,14-15H,3-4,9-13H2,1-2H3. The van der Waals surface area contributed by atoms with Gasteiger partial charge in [0.1, 0.15) is 5.75 Å². The van der Waals surface area contributed by atoms with E-state index in [1.165, 1.54) is 0 Å². The fourth-order valence-corrected chi connectivity index (χ4v) is 3.52. The summed E-state index contributed by atoms with van der Waals surface area (Å²) in [7, 11) is 0. The number of anilines is 1. The maximum absolute atomic E-state index is 12.4. The van der Waals surface area contributed by atoms with E-state index in [0.29, 0.717) is 38.1 Å². The Kier molecular flexibility index (Phi) is 5.59. The average molecular weight is 358 g/mol. The van der Waals surface area contributed by atoms with Crippen LogP contribution in [0.5, 0.6) is 5.75 Å². The van der Waals surface area contributed by atoms with Gasteiger partial charge in [-0.15, -0.1) is 0 Å². The van der Waals surface area contributed by atoms with Crippen molar-refractivity contribution in [1.29, 1.82) is 0 Å². The molecule has 0 spiro atoms. The van der Waals surface area contributed by atoms with E-state index < -0.39 is 0 Å². The van der Waals surface area contributed by atoms with Crippen molar-refractivity contribution in [2.45, 2.75) is 39.5 Å². The van der Waals surface area contributed by atoms with Gasteiger partial charge in [-0.1, -0.05) is 13.8 Å². The summed E-state index contributed by atoms with van der Waals surface area (Å²) in [6.07, 6.45) is 2.75. The molecule has 1 aromatic carbocycles. The number of rotatable bonds is 4. The molecule has 0 atom stereocenters. The molecule has 1 aromatic rings. The van der Waals surface area contributed by atoms with Gasteiger partial charge in [-0.3, -0.25) is 14.4 Å². The highest BCUT2D eigenvalue weighted by Gasteiger charge is 2.29. The molecule has 0 aliphatic carbocycles. The van der Waals surface area contributed by atoms with Crippen molar-refractivity contribution < 1.29 is 19.1 Å². The van der Waals surface area contributed by atoms with Crippen molar-refractivity contribution in [1.82, 2.24) is 4.90 Å². The van der Waals surface area contributed by atoms with Gasteiger partial charge >= 0.3 is 5.97 Å². The van der Waals surface area contributed by atoms with E-state index in [2.05, 4.69) is 0 Å². The number of ether oxygens (including phenoxy) is 1. The smallest absolute Gasteiger partial charge is 0.314 e. The third-order valence-corrected chi connectivity index (χ3v) is 5.07. The molecule has 140 valence electrons. The van der Waals surface area contributed by atoms with Gasteiger partial charge in [0, 0.05) is 37.7 Å². The lowest BCUT2D eigenvalue weighted by Gasteiger charge is -2.32. The minimum Gasteiger partial charge on any atom is -0.426 e. The van der Waals surface area contributed by atoms with Crippen molar-refractivity contribution in [2.24, 2.45) is 11.8 Å². The summed E-state index contributed by atoms with van der Waals surface area (Å²) >= 11 is 0. The van der Waals surface area contributed by atoms with Crippen molar-refractivity contribution in [3.8, 4) is 5.75 Å². The van der Waals surface area contributed by atoms with Crippen LogP contribution in [0, 0.1) is 11.8 Å². The Morgan fingerprint density at radius 3 is 2.27 bits per heavy atom. The quantitative estimate of drug-likeness (QED) is 0.613. The van der Waals surface area contributed by atoms with Crippen LogP contribution in [0.4, 0.5) is 5.69 Å². The number of carbonyl (C=O) groups excluding carboxylic acids is 3. The van der Waals surface area contributed by atoms with E-state index in [0.717, 1.165) is 18.7 Å². The number of esters is 1. The SMILES string of the molecule is CC(C)C(=O)N1CCC(C(=O)Oc2ccc(N3CCCC3=O)cc2)CC1. The molecule has 26 heavy (non-hydrogen) atoms. The molecule has 3 rings (SSSR count). The van der Waals surface area contributed by atoms with Crippen LogP contribution >= 0.6 is 0 Å². The first-order valence-corrected chi connectivity index (χ1v) is 9.36. The predicted molar refractivity (Wildman–Crippen MR) is 97.8 cm³/mol. The van der Waals surface area contributed by atoms with Gasteiger partial charge in [-0.25, -0.2) is 0 Å². The number of hydrogen-bond donors (Lipinski definition) is 0. The molecule has 6 heteroatoms. The summed E-state index contributed by atoms with van der Waals surface area (Å²) in [5.41, 5.74) is 0.841. The summed E-state index contributed by atoms with van der Waals surface area (Å²) in [5.74, 6) is 0.338. The highest BCUT2D eigenvalue weighted by molar-refractivity contribution is 5.95. The van der Waals surface area contributed by atoms with E-state index in [4.69, 9.17) is 4.74 Å². The van der Waals surface area contributed by atoms with Gasteiger partial charge in [0.2, 0.25) is 11.8 Å². The molecular formula is C20H26N2O4. The van der Waals surface area contributed by atoms with Gasteiger partial charge < -0.3 is 14.5 Å². The van der Waals surface area contributed by atoms with E-state index in [1.807, 2.05) is 30.9 Å². The van der Waals surface area contributed by atoms with E-state index >= 15 is 0 Å². The molecule has 0 saturated carbocycles.